The zero-order valence-electron chi connectivity index (χ0n) is 11.9. The largest absolute Gasteiger partial charge is 0.381 e. The highest BCUT2D eigenvalue weighted by atomic mass is 14.9. The molecule has 2 heteroatoms. The molecular formula is C18H18N2. The highest BCUT2D eigenvalue weighted by molar-refractivity contribution is 5.82. The molecule has 100 valence electrons. The van der Waals surface area contributed by atoms with Crippen molar-refractivity contribution in [3.8, 4) is 0 Å². The van der Waals surface area contributed by atoms with Crippen molar-refractivity contribution in [1.29, 1.82) is 0 Å². The van der Waals surface area contributed by atoms with Gasteiger partial charge in [0, 0.05) is 23.3 Å². The lowest BCUT2D eigenvalue weighted by atomic mass is 10.1. The first-order valence-electron chi connectivity index (χ1n) is 6.89. The van der Waals surface area contributed by atoms with E-state index in [4.69, 9.17) is 0 Å². The summed E-state index contributed by atoms with van der Waals surface area (Å²) in [5, 5.41) is 4.74. The molecule has 0 saturated heterocycles. The third-order valence-electron chi connectivity index (χ3n) is 3.54. The van der Waals surface area contributed by atoms with Gasteiger partial charge >= 0.3 is 0 Å². The van der Waals surface area contributed by atoms with Crippen molar-refractivity contribution in [3.63, 3.8) is 0 Å². The van der Waals surface area contributed by atoms with E-state index in [0.717, 1.165) is 17.8 Å². The number of hydrogen-bond acceptors (Lipinski definition) is 2. The van der Waals surface area contributed by atoms with Crippen LogP contribution in [0.2, 0.25) is 0 Å². The number of fused-ring (bicyclic) bond motifs is 1. The molecule has 0 saturated carbocycles. The minimum atomic E-state index is 0.814. The first-order chi connectivity index (χ1) is 9.74. The van der Waals surface area contributed by atoms with E-state index in [-0.39, 0.29) is 0 Å². The Labute approximate surface area is 119 Å². The number of nitrogens with zero attached hydrogens (tertiary/aromatic N) is 1. The molecule has 0 amide bonds. The lowest BCUT2D eigenvalue weighted by Crippen LogP contribution is -2.02. The van der Waals surface area contributed by atoms with Crippen LogP contribution >= 0.6 is 0 Å². The summed E-state index contributed by atoms with van der Waals surface area (Å²) in [5.74, 6) is 0. The van der Waals surface area contributed by atoms with E-state index < -0.39 is 0 Å². The summed E-state index contributed by atoms with van der Waals surface area (Å²) in [4.78, 5) is 4.58. The van der Waals surface area contributed by atoms with Crippen LogP contribution in [0.15, 0.2) is 54.6 Å². The molecule has 0 atom stereocenters. The smallest absolute Gasteiger partial charge is 0.0708 e. The number of benzene rings is 2. The van der Waals surface area contributed by atoms with Crippen molar-refractivity contribution in [2.24, 2.45) is 0 Å². The molecule has 0 bridgehead atoms. The summed E-state index contributed by atoms with van der Waals surface area (Å²) < 4.78 is 0. The summed E-state index contributed by atoms with van der Waals surface area (Å²) in [6, 6.07) is 18.8. The van der Waals surface area contributed by atoms with Crippen LogP contribution in [0.3, 0.4) is 0 Å². The second-order valence-electron chi connectivity index (χ2n) is 5.11. The van der Waals surface area contributed by atoms with Crippen molar-refractivity contribution in [2.45, 2.75) is 20.4 Å². The Kier molecular flexibility index (Phi) is 3.38. The molecule has 0 fully saturated rings. The predicted octanol–water partition coefficient (Wildman–Crippen LogP) is 4.46. The molecule has 1 N–H and O–H groups in total. The molecule has 2 nitrogen and oxygen atoms in total. The Balaban J connectivity index is 1.93. The fourth-order valence-corrected chi connectivity index (χ4v) is 2.50. The van der Waals surface area contributed by atoms with Gasteiger partial charge < -0.3 is 5.32 Å². The molecule has 0 aliphatic rings. The molecule has 20 heavy (non-hydrogen) atoms. The van der Waals surface area contributed by atoms with Crippen molar-refractivity contribution < 1.29 is 0 Å². The SMILES string of the molecule is Cc1cc(CNc2ccccc2C)c2ccccc2n1. The third kappa shape index (κ3) is 2.50. The lowest BCUT2D eigenvalue weighted by molar-refractivity contribution is 1.13. The van der Waals surface area contributed by atoms with Crippen LogP contribution < -0.4 is 5.32 Å². The normalized spacial score (nSPS) is 10.7. The fraction of sp³-hybridized carbons (Fsp3) is 0.167. The Morgan fingerprint density at radius 3 is 2.55 bits per heavy atom. The number of rotatable bonds is 3. The second-order valence-corrected chi connectivity index (χ2v) is 5.11. The van der Waals surface area contributed by atoms with Crippen LogP contribution in [-0.2, 0) is 6.54 Å². The summed E-state index contributed by atoms with van der Waals surface area (Å²) in [6.07, 6.45) is 0. The second kappa shape index (κ2) is 5.33. The van der Waals surface area contributed by atoms with Crippen molar-refractivity contribution in [2.75, 3.05) is 5.32 Å². The van der Waals surface area contributed by atoms with Gasteiger partial charge in [-0.05, 0) is 43.2 Å². The zero-order chi connectivity index (χ0) is 13.9. The highest BCUT2D eigenvalue weighted by Crippen LogP contribution is 2.20. The molecule has 1 aromatic heterocycles. The van der Waals surface area contributed by atoms with Crippen LogP contribution in [0.4, 0.5) is 5.69 Å². The molecule has 3 rings (SSSR count). The lowest BCUT2D eigenvalue weighted by Gasteiger charge is -2.12. The molecule has 2 aromatic carbocycles. The maximum atomic E-state index is 4.58. The standard InChI is InChI=1S/C18H18N2/c1-13-7-3-5-9-17(13)19-12-15-11-14(2)20-18-10-6-4-8-16(15)18/h3-11,19H,12H2,1-2H3. The Hall–Kier alpha value is -2.35. The van der Waals surface area contributed by atoms with Gasteiger partial charge in [0.25, 0.3) is 0 Å². The number of nitrogens with one attached hydrogen (secondary N) is 1. The van der Waals surface area contributed by atoms with E-state index in [1.807, 2.05) is 13.0 Å². The zero-order valence-corrected chi connectivity index (χ0v) is 11.9. The summed E-state index contributed by atoms with van der Waals surface area (Å²) in [6.45, 7) is 4.98. The van der Waals surface area contributed by atoms with Crippen molar-refractivity contribution in [1.82, 2.24) is 4.98 Å². The van der Waals surface area contributed by atoms with Crippen LogP contribution in [0.25, 0.3) is 10.9 Å². The number of hydrogen-bond donors (Lipinski definition) is 1. The number of pyridine rings is 1. The van der Waals surface area contributed by atoms with Crippen LogP contribution in [0.1, 0.15) is 16.8 Å². The number of aromatic nitrogens is 1. The van der Waals surface area contributed by atoms with E-state index in [9.17, 15) is 0 Å². The molecule has 3 aromatic rings. The van der Waals surface area contributed by atoms with E-state index in [0.29, 0.717) is 0 Å². The quantitative estimate of drug-likeness (QED) is 0.753. The maximum absolute atomic E-state index is 4.58. The molecule has 0 unspecified atom stereocenters. The van der Waals surface area contributed by atoms with E-state index in [2.05, 4.69) is 65.8 Å². The highest BCUT2D eigenvalue weighted by Gasteiger charge is 2.04. The van der Waals surface area contributed by atoms with Crippen LogP contribution in [0, 0.1) is 13.8 Å². The Bertz CT molecular complexity index is 747. The minimum Gasteiger partial charge on any atom is -0.381 e. The van der Waals surface area contributed by atoms with Gasteiger partial charge in [0.1, 0.15) is 0 Å². The molecule has 0 aliphatic carbocycles. The monoisotopic (exact) mass is 262 g/mol. The summed E-state index contributed by atoms with van der Waals surface area (Å²) in [7, 11) is 0. The number of anilines is 1. The molecule has 0 radical (unpaired) electrons. The Morgan fingerprint density at radius 2 is 1.70 bits per heavy atom. The topological polar surface area (TPSA) is 24.9 Å². The van der Waals surface area contributed by atoms with Gasteiger partial charge in [-0.25, -0.2) is 0 Å². The predicted molar refractivity (Wildman–Crippen MR) is 85.0 cm³/mol. The maximum Gasteiger partial charge on any atom is 0.0708 e. The van der Waals surface area contributed by atoms with E-state index >= 15 is 0 Å². The van der Waals surface area contributed by atoms with Crippen molar-refractivity contribution in [3.05, 3.63) is 71.4 Å². The van der Waals surface area contributed by atoms with Gasteiger partial charge in [0.05, 0.1) is 5.52 Å². The number of para-hydroxylation sites is 2. The molecule has 0 spiro atoms. The summed E-state index contributed by atoms with van der Waals surface area (Å²) in [5.41, 5.74) is 5.87. The third-order valence-corrected chi connectivity index (χ3v) is 3.54. The number of aryl methyl sites for hydroxylation is 2. The van der Waals surface area contributed by atoms with Gasteiger partial charge in [-0.1, -0.05) is 36.4 Å². The van der Waals surface area contributed by atoms with Gasteiger partial charge in [0.15, 0.2) is 0 Å². The van der Waals surface area contributed by atoms with E-state index in [1.165, 1.54) is 22.2 Å². The fourth-order valence-electron chi connectivity index (χ4n) is 2.50. The average Bonchev–Trinajstić information content (AvgIpc) is 2.46. The van der Waals surface area contributed by atoms with Crippen molar-refractivity contribution >= 4 is 16.6 Å². The minimum absolute atomic E-state index is 0.814. The van der Waals surface area contributed by atoms with Gasteiger partial charge in [-0.3, -0.25) is 4.98 Å². The average molecular weight is 262 g/mol. The molecule has 0 aliphatic heterocycles. The molecular weight excluding hydrogens is 244 g/mol. The van der Waals surface area contributed by atoms with E-state index in [1.54, 1.807) is 0 Å². The van der Waals surface area contributed by atoms with Crippen LogP contribution in [0.5, 0.6) is 0 Å². The summed E-state index contributed by atoms with van der Waals surface area (Å²) >= 11 is 0. The first kappa shape index (κ1) is 12.7. The van der Waals surface area contributed by atoms with Gasteiger partial charge in [-0.2, -0.15) is 0 Å². The van der Waals surface area contributed by atoms with Gasteiger partial charge in [-0.15, -0.1) is 0 Å². The van der Waals surface area contributed by atoms with Crippen LogP contribution in [-0.4, -0.2) is 4.98 Å². The molecule has 1 heterocycles. The van der Waals surface area contributed by atoms with Gasteiger partial charge in [0.2, 0.25) is 0 Å². The first-order valence-corrected chi connectivity index (χ1v) is 6.89. The Morgan fingerprint density at radius 1 is 0.950 bits per heavy atom.